The third-order valence-corrected chi connectivity index (χ3v) is 5.26. The number of ether oxygens (including phenoxy) is 2. The Morgan fingerprint density at radius 1 is 1.26 bits per heavy atom. The Bertz CT molecular complexity index is 1020. The van der Waals surface area contributed by atoms with E-state index in [4.69, 9.17) is 14.5 Å². The number of fused-ring (bicyclic) bond motifs is 2. The molecule has 27 heavy (non-hydrogen) atoms. The molecule has 1 aromatic carbocycles. The van der Waals surface area contributed by atoms with Crippen molar-refractivity contribution in [2.45, 2.75) is 25.3 Å². The lowest BCUT2D eigenvalue weighted by molar-refractivity contribution is 0.0729. The summed E-state index contributed by atoms with van der Waals surface area (Å²) in [6.07, 6.45) is 4.29. The van der Waals surface area contributed by atoms with Gasteiger partial charge in [-0.3, -0.25) is 4.79 Å². The molecule has 6 nitrogen and oxygen atoms in total. The van der Waals surface area contributed by atoms with Gasteiger partial charge in [0.05, 0.1) is 19.2 Å². The Hall–Kier alpha value is -3.02. The van der Waals surface area contributed by atoms with E-state index in [1.807, 2.05) is 47.5 Å². The maximum absolute atomic E-state index is 13.3. The van der Waals surface area contributed by atoms with E-state index in [0.29, 0.717) is 31.3 Å². The van der Waals surface area contributed by atoms with E-state index >= 15 is 0 Å². The van der Waals surface area contributed by atoms with Gasteiger partial charge in [-0.25, -0.2) is 4.98 Å². The van der Waals surface area contributed by atoms with Gasteiger partial charge >= 0.3 is 0 Å². The highest BCUT2D eigenvalue weighted by atomic mass is 16.5. The third-order valence-electron chi connectivity index (χ3n) is 5.26. The van der Waals surface area contributed by atoms with Crippen molar-refractivity contribution in [2.24, 2.45) is 0 Å². The molecule has 1 aliphatic heterocycles. The standard InChI is InChI=1S/C21H21N3O3/c1-26-16-8-7-15-13-23(10-11-27-18(15)12-16)21(25)19-17-4-2-3-9-24(17)20(22-19)14-5-6-14/h2-4,7-9,12,14H,5-6,10-11,13H2,1H3. The number of rotatable bonds is 3. The number of methoxy groups -OCH3 is 1. The minimum absolute atomic E-state index is 0.0436. The van der Waals surface area contributed by atoms with E-state index in [1.54, 1.807) is 7.11 Å². The largest absolute Gasteiger partial charge is 0.497 e. The summed E-state index contributed by atoms with van der Waals surface area (Å²) >= 11 is 0. The number of carbonyl (C=O) groups is 1. The monoisotopic (exact) mass is 363 g/mol. The molecule has 0 bridgehead atoms. The van der Waals surface area contributed by atoms with Crippen molar-refractivity contribution >= 4 is 11.4 Å². The second-order valence-corrected chi connectivity index (χ2v) is 7.10. The summed E-state index contributed by atoms with van der Waals surface area (Å²) in [6.45, 7) is 1.48. The van der Waals surface area contributed by atoms with Crippen molar-refractivity contribution in [3.8, 4) is 11.5 Å². The molecular formula is C21H21N3O3. The highest BCUT2D eigenvalue weighted by Gasteiger charge is 2.32. The zero-order valence-corrected chi connectivity index (χ0v) is 15.2. The summed E-state index contributed by atoms with van der Waals surface area (Å²) in [5, 5.41) is 0. The third kappa shape index (κ3) is 2.81. The second-order valence-electron chi connectivity index (χ2n) is 7.10. The molecule has 1 amide bonds. The minimum Gasteiger partial charge on any atom is -0.497 e. The minimum atomic E-state index is -0.0436. The Morgan fingerprint density at radius 3 is 2.96 bits per heavy atom. The molecule has 6 heteroatoms. The number of imidazole rings is 1. The average Bonchev–Trinajstić information content (AvgIpc) is 3.50. The number of carbonyl (C=O) groups excluding carboxylic acids is 1. The summed E-state index contributed by atoms with van der Waals surface area (Å²) in [7, 11) is 1.63. The Morgan fingerprint density at radius 2 is 2.15 bits per heavy atom. The van der Waals surface area contributed by atoms with Crippen molar-refractivity contribution in [2.75, 3.05) is 20.3 Å². The Balaban J connectivity index is 1.49. The quantitative estimate of drug-likeness (QED) is 0.717. The smallest absolute Gasteiger partial charge is 0.275 e. The van der Waals surface area contributed by atoms with Crippen molar-refractivity contribution < 1.29 is 14.3 Å². The maximum Gasteiger partial charge on any atom is 0.275 e. The van der Waals surface area contributed by atoms with Crippen LogP contribution < -0.4 is 9.47 Å². The van der Waals surface area contributed by atoms with Gasteiger partial charge in [-0.2, -0.15) is 0 Å². The van der Waals surface area contributed by atoms with Crippen LogP contribution in [0.4, 0.5) is 0 Å². The number of hydrogen-bond donors (Lipinski definition) is 0. The molecule has 0 radical (unpaired) electrons. The molecule has 0 unspecified atom stereocenters. The van der Waals surface area contributed by atoms with Gasteiger partial charge in [0.1, 0.15) is 23.9 Å². The lowest BCUT2D eigenvalue weighted by Crippen LogP contribution is -2.32. The fourth-order valence-corrected chi connectivity index (χ4v) is 3.65. The first-order valence-corrected chi connectivity index (χ1v) is 9.30. The number of nitrogens with zero attached hydrogens (tertiary/aromatic N) is 3. The van der Waals surface area contributed by atoms with Gasteiger partial charge in [-0.1, -0.05) is 6.07 Å². The van der Waals surface area contributed by atoms with Gasteiger partial charge in [-0.05, 0) is 37.1 Å². The van der Waals surface area contributed by atoms with Crippen molar-refractivity contribution in [1.82, 2.24) is 14.3 Å². The fourth-order valence-electron chi connectivity index (χ4n) is 3.65. The number of aromatic nitrogens is 2. The molecule has 1 aliphatic carbocycles. The molecule has 0 spiro atoms. The van der Waals surface area contributed by atoms with Gasteiger partial charge in [0.25, 0.3) is 5.91 Å². The van der Waals surface area contributed by atoms with Crippen molar-refractivity contribution in [1.29, 1.82) is 0 Å². The summed E-state index contributed by atoms with van der Waals surface area (Å²) in [6, 6.07) is 11.6. The first-order valence-electron chi connectivity index (χ1n) is 9.30. The van der Waals surface area contributed by atoms with E-state index in [0.717, 1.165) is 41.2 Å². The van der Waals surface area contributed by atoms with E-state index in [-0.39, 0.29) is 5.91 Å². The van der Waals surface area contributed by atoms with E-state index in [2.05, 4.69) is 4.40 Å². The molecule has 1 fully saturated rings. The highest BCUT2D eigenvalue weighted by molar-refractivity contribution is 5.99. The lowest BCUT2D eigenvalue weighted by Gasteiger charge is -2.19. The molecule has 5 rings (SSSR count). The molecule has 0 saturated heterocycles. The number of hydrogen-bond acceptors (Lipinski definition) is 4. The molecule has 2 aliphatic rings. The summed E-state index contributed by atoms with van der Waals surface area (Å²) in [4.78, 5) is 19.9. The summed E-state index contributed by atoms with van der Waals surface area (Å²) in [5.74, 6) is 2.96. The van der Waals surface area contributed by atoms with Crippen LogP contribution in [0.2, 0.25) is 0 Å². The van der Waals surface area contributed by atoms with Crippen molar-refractivity contribution in [3.63, 3.8) is 0 Å². The molecule has 3 heterocycles. The van der Waals surface area contributed by atoms with Crippen LogP contribution in [-0.4, -0.2) is 40.5 Å². The fraction of sp³-hybridized carbons (Fsp3) is 0.333. The summed E-state index contributed by atoms with van der Waals surface area (Å²) in [5.41, 5.74) is 2.39. The van der Waals surface area contributed by atoms with Crippen LogP contribution in [0.3, 0.4) is 0 Å². The Kier molecular flexibility index (Phi) is 3.77. The zero-order valence-electron chi connectivity index (χ0n) is 15.2. The maximum atomic E-state index is 13.3. The SMILES string of the molecule is COc1ccc2c(c1)OCCN(C(=O)c1nc(C3CC3)n3ccccc13)C2. The number of benzene rings is 1. The van der Waals surface area contributed by atoms with Crippen LogP contribution in [0.5, 0.6) is 11.5 Å². The first kappa shape index (κ1) is 16.2. The molecule has 0 N–H and O–H groups in total. The molecule has 138 valence electrons. The average molecular weight is 363 g/mol. The van der Waals surface area contributed by atoms with E-state index in [1.165, 1.54) is 0 Å². The molecule has 3 aromatic rings. The van der Waals surface area contributed by atoms with Gasteiger partial charge in [0, 0.05) is 30.3 Å². The predicted molar refractivity (Wildman–Crippen MR) is 100 cm³/mol. The number of pyridine rings is 1. The van der Waals surface area contributed by atoms with Gasteiger partial charge in [0.2, 0.25) is 0 Å². The van der Waals surface area contributed by atoms with Gasteiger partial charge in [-0.15, -0.1) is 0 Å². The first-order chi connectivity index (χ1) is 13.2. The van der Waals surface area contributed by atoms with E-state index < -0.39 is 0 Å². The topological polar surface area (TPSA) is 56.1 Å². The molecule has 2 aromatic heterocycles. The molecular weight excluding hydrogens is 342 g/mol. The highest BCUT2D eigenvalue weighted by Crippen LogP contribution is 2.40. The zero-order chi connectivity index (χ0) is 18.4. The van der Waals surface area contributed by atoms with Crippen molar-refractivity contribution in [3.05, 3.63) is 59.7 Å². The normalized spacial score (nSPS) is 16.6. The predicted octanol–water partition coefficient (Wildman–Crippen LogP) is 3.26. The summed E-state index contributed by atoms with van der Waals surface area (Å²) < 4.78 is 13.2. The van der Waals surface area contributed by atoms with Crippen LogP contribution in [-0.2, 0) is 6.54 Å². The van der Waals surface area contributed by atoms with E-state index in [9.17, 15) is 4.79 Å². The van der Waals surface area contributed by atoms with Crippen LogP contribution in [0.1, 0.15) is 40.6 Å². The lowest BCUT2D eigenvalue weighted by atomic mass is 10.1. The van der Waals surface area contributed by atoms with Gasteiger partial charge in [0.15, 0.2) is 5.69 Å². The van der Waals surface area contributed by atoms with Crippen LogP contribution >= 0.6 is 0 Å². The van der Waals surface area contributed by atoms with Crippen LogP contribution in [0.25, 0.3) is 5.52 Å². The van der Waals surface area contributed by atoms with Gasteiger partial charge < -0.3 is 18.8 Å². The van der Waals surface area contributed by atoms with Crippen LogP contribution in [0.15, 0.2) is 42.6 Å². The van der Waals surface area contributed by atoms with Crippen LogP contribution in [0, 0.1) is 0 Å². The molecule has 0 atom stereocenters. The Labute approximate surface area is 157 Å². The molecule has 1 saturated carbocycles. The second kappa shape index (κ2) is 6.30. The number of amides is 1.